The highest BCUT2D eigenvalue weighted by Gasteiger charge is 2.32. The van der Waals surface area contributed by atoms with Gasteiger partial charge >= 0.3 is 0 Å². The molecule has 0 aliphatic carbocycles. The molecule has 0 fully saturated rings. The Balaban J connectivity index is 1.55. The summed E-state index contributed by atoms with van der Waals surface area (Å²) in [6.45, 7) is 0.252. The zero-order valence-electron chi connectivity index (χ0n) is 18.7. The van der Waals surface area contributed by atoms with Crippen LogP contribution in [0.4, 0.5) is 10.1 Å². The van der Waals surface area contributed by atoms with Crippen LogP contribution in [0.25, 0.3) is 6.08 Å². The van der Waals surface area contributed by atoms with Crippen LogP contribution < -0.4 is 19.1 Å². The lowest BCUT2D eigenvalue weighted by Gasteiger charge is -2.18. The van der Waals surface area contributed by atoms with Crippen molar-refractivity contribution in [3.63, 3.8) is 0 Å². The van der Waals surface area contributed by atoms with Gasteiger partial charge in [-0.05, 0) is 48.0 Å². The predicted octanol–water partition coefficient (Wildman–Crippen LogP) is 5.40. The van der Waals surface area contributed by atoms with E-state index < -0.39 is 5.82 Å². The topological polar surface area (TPSA) is 60.4 Å². The van der Waals surface area contributed by atoms with E-state index >= 15 is 0 Å². The number of halogens is 1. The van der Waals surface area contributed by atoms with Crippen LogP contribution in [0.15, 0.2) is 83.5 Å². The standard InChI is InChI=1S/C26H23FN2O4S/c1-31-20-12-10-18(11-13-20)16-23-25(30)29(19-6-5-7-21(17-19)32-2)26(28-23)34-15-14-33-24-9-4-3-8-22(24)27/h3-13,16-17H,14-15H2,1-2H3. The van der Waals surface area contributed by atoms with E-state index in [-0.39, 0.29) is 18.3 Å². The van der Waals surface area contributed by atoms with Gasteiger partial charge in [0.25, 0.3) is 5.91 Å². The molecule has 0 saturated carbocycles. The van der Waals surface area contributed by atoms with Gasteiger partial charge < -0.3 is 14.2 Å². The SMILES string of the molecule is COc1ccc(C=C2N=C(SCCOc3ccccc3F)N(c3cccc(OC)c3)C2=O)cc1. The summed E-state index contributed by atoms with van der Waals surface area (Å²) in [4.78, 5) is 19.5. The van der Waals surface area contributed by atoms with Crippen molar-refractivity contribution in [2.45, 2.75) is 0 Å². The number of nitrogens with zero attached hydrogens (tertiary/aromatic N) is 2. The van der Waals surface area contributed by atoms with Gasteiger partial charge in [-0.2, -0.15) is 0 Å². The monoisotopic (exact) mass is 478 g/mol. The first-order valence-corrected chi connectivity index (χ1v) is 11.5. The van der Waals surface area contributed by atoms with Gasteiger partial charge in [-0.1, -0.05) is 42.1 Å². The Hall–Kier alpha value is -3.78. The number of hydrogen-bond acceptors (Lipinski definition) is 6. The fraction of sp³-hybridized carbons (Fsp3) is 0.154. The van der Waals surface area contributed by atoms with Crippen molar-refractivity contribution in [2.75, 3.05) is 31.5 Å². The molecule has 1 heterocycles. The molecule has 0 bridgehead atoms. The minimum Gasteiger partial charge on any atom is -0.497 e. The summed E-state index contributed by atoms with van der Waals surface area (Å²) in [5.41, 5.74) is 1.78. The number of anilines is 1. The van der Waals surface area contributed by atoms with Crippen molar-refractivity contribution in [2.24, 2.45) is 4.99 Å². The van der Waals surface area contributed by atoms with Crippen LogP contribution in [0.1, 0.15) is 5.56 Å². The van der Waals surface area contributed by atoms with E-state index in [1.165, 1.54) is 17.8 Å². The third-order valence-corrected chi connectivity index (χ3v) is 5.87. The number of carbonyl (C=O) groups excluding carboxylic acids is 1. The van der Waals surface area contributed by atoms with E-state index in [9.17, 15) is 9.18 Å². The van der Waals surface area contributed by atoms with E-state index in [0.29, 0.717) is 28.1 Å². The van der Waals surface area contributed by atoms with Crippen LogP contribution in [0.3, 0.4) is 0 Å². The summed E-state index contributed by atoms with van der Waals surface area (Å²) in [6, 6.07) is 20.8. The largest absolute Gasteiger partial charge is 0.497 e. The maximum Gasteiger partial charge on any atom is 0.283 e. The Morgan fingerprint density at radius 3 is 2.47 bits per heavy atom. The summed E-state index contributed by atoms with van der Waals surface area (Å²) in [7, 11) is 3.17. The molecule has 3 aromatic carbocycles. The smallest absolute Gasteiger partial charge is 0.283 e. The fourth-order valence-corrected chi connectivity index (χ4v) is 4.10. The minimum atomic E-state index is -0.413. The van der Waals surface area contributed by atoms with E-state index in [1.807, 2.05) is 42.5 Å². The zero-order chi connectivity index (χ0) is 23.9. The van der Waals surface area contributed by atoms with Gasteiger partial charge in [0.2, 0.25) is 0 Å². The van der Waals surface area contributed by atoms with Crippen LogP contribution in [0.5, 0.6) is 17.2 Å². The molecule has 1 amide bonds. The second-order valence-corrected chi connectivity index (χ2v) is 8.23. The molecule has 0 unspecified atom stereocenters. The molecule has 174 valence electrons. The van der Waals surface area contributed by atoms with Crippen molar-refractivity contribution < 1.29 is 23.4 Å². The molecular formula is C26H23FN2O4S. The average molecular weight is 479 g/mol. The van der Waals surface area contributed by atoms with Crippen molar-refractivity contribution in [3.05, 3.63) is 89.9 Å². The normalized spacial score (nSPS) is 14.3. The molecule has 4 rings (SSSR count). The lowest BCUT2D eigenvalue weighted by molar-refractivity contribution is -0.113. The van der Waals surface area contributed by atoms with Gasteiger partial charge in [0.1, 0.15) is 17.2 Å². The third-order valence-electron chi connectivity index (χ3n) is 4.97. The summed E-state index contributed by atoms with van der Waals surface area (Å²) < 4.78 is 29.9. The molecule has 0 spiro atoms. The number of ether oxygens (including phenoxy) is 3. The molecule has 1 aliphatic heterocycles. The van der Waals surface area contributed by atoms with Gasteiger partial charge in [-0.3, -0.25) is 9.69 Å². The van der Waals surface area contributed by atoms with Gasteiger partial charge in [0.15, 0.2) is 16.7 Å². The Kier molecular flexibility index (Phi) is 7.49. The maximum atomic E-state index is 13.8. The Morgan fingerprint density at radius 1 is 0.971 bits per heavy atom. The number of amidine groups is 1. The van der Waals surface area contributed by atoms with E-state index in [0.717, 1.165) is 11.3 Å². The fourth-order valence-electron chi connectivity index (χ4n) is 3.27. The molecular weight excluding hydrogens is 455 g/mol. The Bertz CT molecular complexity index is 1230. The quantitative estimate of drug-likeness (QED) is 0.321. The maximum absolute atomic E-state index is 13.8. The molecule has 8 heteroatoms. The second kappa shape index (κ2) is 10.9. The highest BCUT2D eigenvalue weighted by Crippen LogP contribution is 2.31. The molecule has 6 nitrogen and oxygen atoms in total. The number of para-hydroxylation sites is 1. The first-order valence-electron chi connectivity index (χ1n) is 10.5. The van der Waals surface area contributed by atoms with Crippen LogP contribution in [0.2, 0.25) is 0 Å². The van der Waals surface area contributed by atoms with Crippen molar-refractivity contribution in [3.8, 4) is 17.2 Å². The Morgan fingerprint density at radius 2 is 1.74 bits per heavy atom. The molecule has 0 N–H and O–H groups in total. The Labute approximate surface area is 201 Å². The number of amides is 1. The van der Waals surface area contributed by atoms with Gasteiger partial charge in [0.05, 0.1) is 26.5 Å². The highest BCUT2D eigenvalue weighted by atomic mass is 32.2. The molecule has 1 aliphatic rings. The van der Waals surface area contributed by atoms with E-state index in [4.69, 9.17) is 14.2 Å². The number of methoxy groups -OCH3 is 2. The lowest BCUT2D eigenvalue weighted by atomic mass is 10.2. The van der Waals surface area contributed by atoms with Gasteiger partial charge in [-0.25, -0.2) is 9.38 Å². The lowest BCUT2D eigenvalue weighted by Crippen LogP contribution is -2.30. The number of benzene rings is 3. The predicted molar refractivity (Wildman–Crippen MR) is 133 cm³/mol. The molecule has 3 aromatic rings. The molecule has 0 saturated heterocycles. The summed E-state index contributed by atoms with van der Waals surface area (Å²) in [6.07, 6.45) is 1.73. The molecule has 0 radical (unpaired) electrons. The summed E-state index contributed by atoms with van der Waals surface area (Å²) >= 11 is 1.36. The number of rotatable bonds is 8. The summed E-state index contributed by atoms with van der Waals surface area (Å²) in [5.74, 6) is 1.36. The van der Waals surface area contributed by atoms with E-state index in [2.05, 4.69) is 4.99 Å². The van der Waals surface area contributed by atoms with Crippen LogP contribution in [0, 0.1) is 5.82 Å². The number of aliphatic imine (C=N–C) groups is 1. The number of carbonyl (C=O) groups is 1. The summed E-state index contributed by atoms with van der Waals surface area (Å²) in [5, 5.41) is 0.509. The van der Waals surface area contributed by atoms with Gasteiger partial charge in [-0.15, -0.1) is 0 Å². The van der Waals surface area contributed by atoms with Crippen molar-refractivity contribution >= 4 is 34.6 Å². The molecule has 0 atom stereocenters. The first-order chi connectivity index (χ1) is 16.6. The van der Waals surface area contributed by atoms with Crippen LogP contribution >= 0.6 is 11.8 Å². The van der Waals surface area contributed by atoms with Crippen LogP contribution in [-0.2, 0) is 4.79 Å². The third kappa shape index (κ3) is 5.40. The average Bonchev–Trinajstić information content (AvgIpc) is 3.18. The molecule has 34 heavy (non-hydrogen) atoms. The minimum absolute atomic E-state index is 0.192. The van der Waals surface area contributed by atoms with Crippen molar-refractivity contribution in [1.82, 2.24) is 0 Å². The number of thioether (sulfide) groups is 1. The van der Waals surface area contributed by atoms with Crippen LogP contribution in [-0.4, -0.2) is 37.7 Å². The molecule has 0 aromatic heterocycles. The second-order valence-electron chi connectivity index (χ2n) is 7.17. The zero-order valence-corrected chi connectivity index (χ0v) is 19.5. The first kappa shape index (κ1) is 23.4. The van der Waals surface area contributed by atoms with E-state index in [1.54, 1.807) is 49.5 Å². The van der Waals surface area contributed by atoms with Crippen molar-refractivity contribution in [1.29, 1.82) is 0 Å². The van der Waals surface area contributed by atoms with Gasteiger partial charge in [0, 0.05) is 11.8 Å². The highest BCUT2D eigenvalue weighted by molar-refractivity contribution is 8.14. The number of hydrogen-bond donors (Lipinski definition) is 0.